The van der Waals surface area contributed by atoms with Gasteiger partial charge in [0.25, 0.3) is 0 Å². The summed E-state index contributed by atoms with van der Waals surface area (Å²) in [5.74, 6) is 0.0591. The molecule has 2 heterocycles. The summed E-state index contributed by atoms with van der Waals surface area (Å²) in [6.45, 7) is 19.3. The van der Waals surface area contributed by atoms with Gasteiger partial charge in [-0.25, -0.2) is 0 Å². The van der Waals surface area contributed by atoms with Gasteiger partial charge in [-0.15, -0.1) is 0 Å². The van der Waals surface area contributed by atoms with Gasteiger partial charge in [-0.05, 0) is 120 Å². The highest BCUT2D eigenvalue weighted by Crippen LogP contribution is 2.33. The van der Waals surface area contributed by atoms with Crippen molar-refractivity contribution in [1.29, 1.82) is 0 Å². The van der Waals surface area contributed by atoms with Crippen molar-refractivity contribution in [2.75, 3.05) is 0 Å². The zero-order chi connectivity index (χ0) is 33.9. The number of aromatic nitrogens is 2. The zero-order valence-corrected chi connectivity index (χ0v) is 29.4. The number of H-pyrrole nitrogens is 2. The molecule has 0 bridgehead atoms. The molecule has 0 aliphatic carbocycles. The van der Waals surface area contributed by atoms with E-state index in [-0.39, 0.29) is 16.6 Å². The molecular formula is C44H48N2O. The predicted molar refractivity (Wildman–Crippen MR) is 204 cm³/mol. The van der Waals surface area contributed by atoms with Crippen LogP contribution in [0.25, 0.3) is 56.5 Å². The molecule has 0 radical (unpaired) electrons. The monoisotopic (exact) mass is 620 g/mol. The van der Waals surface area contributed by atoms with Gasteiger partial charge in [0.15, 0.2) is 5.78 Å². The lowest BCUT2D eigenvalue weighted by Crippen LogP contribution is -2.11. The molecule has 0 saturated carbocycles. The van der Waals surface area contributed by atoms with Crippen molar-refractivity contribution in [2.24, 2.45) is 0 Å². The van der Waals surface area contributed by atoms with E-state index in [9.17, 15) is 4.79 Å². The molecule has 0 unspecified atom stereocenters. The summed E-state index contributed by atoms with van der Waals surface area (Å²) >= 11 is 0. The molecule has 6 aromatic rings. The number of carbonyl (C=O) groups excluding carboxylic acids is 1. The maximum atomic E-state index is 11.1. The number of carbonyl (C=O) groups is 1. The summed E-state index contributed by atoms with van der Waals surface area (Å²) in [6, 6.07) is 32.6. The predicted octanol–water partition coefficient (Wildman–Crippen LogP) is 12.2. The molecule has 3 heteroatoms. The Labute approximate surface area is 280 Å². The molecule has 0 atom stereocenters. The molecule has 2 aromatic heterocycles. The Bertz CT molecular complexity index is 2100. The van der Waals surface area contributed by atoms with E-state index in [2.05, 4.69) is 156 Å². The van der Waals surface area contributed by atoms with Crippen LogP contribution in [0.2, 0.25) is 0 Å². The van der Waals surface area contributed by atoms with Gasteiger partial charge in [0.05, 0.1) is 0 Å². The second-order valence-electron chi connectivity index (χ2n) is 14.6. The second-order valence-corrected chi connectivity index (χ2v) is 14.6. The van der Waals surface area contributed by atoms with Crippen LogP contribution in [-0.2, 0) is 15.6 Å². The molecule has 0 amide bonds. The Morgan fingerprint density at radius 2 is 1.21 bits per heavy atom. The maximum absolute atomic E-state index is 11.1. The van der Waals surface area contributed by atoms with Crippen molar-refractivity contribution in [1.82, 2.24) is 9.97 Å². The number of fused-ring (bicyclic) bond motifs is 2. The molecule has 3 nitrogen and oxygen atoms in total. The van der Waals surface area contributed by atoms with Crippen LogP contribution in [0, 0.1) is 6.92 Å². The van der Waals surface area contributed by atoms with E-state index >= 15 is 0 Å². The van der Waals surface area contributed by atoms with Crippen molar-refractivity contribution in [2.45, 2.75) is 73.1 Å². The molecule has 47 heavy (non-hydrogen) atoms. The Hall–Kier alpha value is -4.89. The molecule has 0 aliphatic heterocycles. The standard InChI is InChI=1S/C22H23NO.C22H25N/c1-15(24)8-9-16-10-11-20-18(12-16)14-21(23-20)17-6-5-7-19(13-17)22(2,3)4;1-6-7-16-9-11-20-17(12-16)13-21(23-20)19-14-18(22(3,4)5)10-8-15(19)2/h5-14,23H,1-4H3;6-14,23H,1-5H3/b9-8+;7-6+. The van der Waals surface area contributed by atoms with Crippen molar-refractivity contribution in [3.8, 4) is 22.5 Å². The molecule has 240 valence electrons. The van der Waals surface area contributed by atoms with E-state index in [0.29, 0.717) is 0 Å². The molecule has 2 N–H and O–H groups in total. The number of benzene rings is 4. The van der Waals surface area contributed by atoms with E-state index in [4.69, 9.17) is 0 Å². The van der Waals surface area contributed by atoms with Gasteiger partial charge in [-0.2, -0.15) is 0 Å². The van der Waals surface area contributed by atoms with Crippen LogP contribution in [-0.4, -0.2) is 15.8 Å². The fourth-order valence-electron chi connectivity index (χ4n) is 5.75. The van der Waals surface area contributed by atoms with Gasteiger partial charge in [0.1, 0.15) is 0 Å². The minimum atomic E-state index is 0.0591. The number of nitrogens with one attached hydrogen (secondary N) is 2. The molecule has 0 aliphatic rings. The smallest absolute Gasteiger partial charge is 0.152 e. The van der Waals surface area contributed by atoms with Gasteiger partial charge >= 0.3 is 0 Å². The fraction of sp³-hybridized carbons (Fsp3) is 0.250. The van der Waals surface area contributed by atoms with Crippen LogP contribution in [0.3, 0.4) is 0 Å². The van der Waals surface area contributed by atoms with Crippen molar-refractivity contribution in [3.05, 3.63) is 131 Å². The van der Waals surface area contributed by atoms with Crippen molar-refractivity contribution in [3.63, 3.8) is 0 Å². The number of hydrogen-bond donors (Lipinski definition) is 2. The molecule has 0 spiro atoms. The lowest BCUT2D eigenvalue weighted by molar-refractivity contribution is -0.112. The average molecular weight is 621 g/mol. The summed E-state index contributed by atoms with van der Waals surface area (Å²) in [7, 11) is 0. The van der Waals surface area contributed by atoms with Gasteiger partial charge in [0.2, 0.25) is 0 Å². The first kappa shape index (κ1) is 33.5. The number of hydrogen-bond acceptors (Lipinski definition) is 1. The third-order valence-corrected chi connectivity index (χ3v) is 8.59. The van der Waals surface area contributed by atoms with Crippen LogP contribution in [0.4, 0.5) is 0 Å². The summed E-state index contributed by atoms with van der Waals surface area (Å²) in [4.78, 5) is 18.2. The topological polar surface area (TPSA) is 48.6 Å². The summed E-state index contributed by atoms with van der Waals surface area (Å²) < 4.78 is 0. The molecule has 0 saturated heterocycles. The lowest BCUT2D eigenvalue weighted by atomic mass is 9.85. The van der Waals surface area contributed by atoms with Gasteiger partial charge in [-0.3, -0.25) is 4.79 Å². The molecule has 0 fully saturated rings. The summed E-state index contributed by atoms with van der Waals surface area (Å²) in [5, 5.41) is 2.41. The Morgan fingerprint density at radius 3 is 1.81 bits per heavy atom. The number of allylic oxidation sites excluding steroid dienone is 2. The number of aromatic amines is 2. The number of rotatable bonds is 5. The van der Waals surface area contributed by atoms with E-state index in [0.717, 1.165) is 22.2 Å². The van der Waals surface area contributed by atoms with Gasteiger partial charge in [-0.1, -0.05) is 102 Å². The van der Waals surface area contributed by atoms with Crippen LogP contribution < -0.4 is 0 Å². The Morgan fingerprint density at radius 1 is 0.638 bits per heavy atom. The van der Waals surface area contributed by atoms with E-state index in [1.807, 2.05) is 19.1 Å². The third-order valence-electron chi connectivity index (χ3n) is 8.59. The van der Waals surface area contributed by atoms with E-state index in [1.54, 1.807) is 13.0 Å². The first-order chi connectivity index (χ1) is 22.2. The largest absolute Gasteiger partial charge is 0.355 e. The summed E-state index contributed by atoms with van der Waals surface area (Å²) in [5.41, 5.74) is 13.6. The lowest BCUT2D eigenvalue weighted by Gasteiger charge is -2.20. The quantitative estimate of drug-likeness (QED) is 0.185. The Balaban J connectivity index is 0.000000185. The van der Waals surface area contributed by atoms with Crippen LogP contribution in [0.15, 0.2) is 103 Å². The highest BCUT2D eigenvalue weighted by molar-refractivity contribution is 5.93. The van der Waals surface area contributed by atoms with Gasteiger partial charge in [0, 0.05) is 38.8 Å². The average Bonchev–Trinajstić information content (AvgIpc) is 3.64. The van der Waals surface area contributed by atoms with Crippen LogP contribution >= 0.6 is 0 Å². The third kappa shape index (κ3) is 8.10. The molecular weight excluding hydrogens is 572 g/mol. The zero-order valence-electron chi connectivity index (χ0n) is 29.4. The SMILES string of the molecule is C/C=C/c1ccc2[nH]c(-c3cc(C(C)(C)C)ccc3C)cc2c1.CC(=O)/C=C/c1ccc2[nH]c(-c3cccc(C(C)(C)C)c3)cc2c1. The normalized spacial score (nSPS) is 12.3. The first-order valence-electron chi connectivity index (χ1n) is 16.5. The minimum absolute atomic E-state index is 0.0591. The van der Waals surface area contributed by atoms with E-state index in [1.165, 1.54) is 50.0 Å². The highest BCUT2D eigenvalue weighted by Gasteiger charge is 2.17. The highest BCUT2D eigenvalue weighted by atomic mass is 16.1. The number of aryl methyl sites for hydroxylation is 1. The molecule has 6 rings (SSSR count). The first-order valence-corrected chi connectivity index (χ1v) is 16.5. The maximum Gasteiger partial charge on any atom is 0.152 e. The minimum Gasteiger partial charge on any atom is -0.355 e. The van der Waals surface area contributed by atoms with Crippen molar-refractivity contribution >= 4 is 39.7 Å². The van der Waals surface area contributed by atoms with Crippen molar-refractivity contribution < 1.29 is 4.79 Å². The Kier molecular flexibility index (Phi) is 9.58. The van der Waals surface area contributed by atoms with E-state index < -0.39 is 0 Å². The molecule has 4 aromatic carbocycles. The number of ketones is 1. The van der Waals surface area contributed by atoms with Crippen LogP contribution in [0.1, 0.15) is 83.2 Å². The summed E-state index contributed by atoms with van der Waals surface area (Å²) in [6.07, 6.45) is 7.67. The van der Waals surface area contributed by atoms with Gasteiger partial charge < -0.3 is 9.97 Å². The second kappa shape index (κ2) is 13.5. The fourth-order valence-corrected chi connectivity index (χ4v) is 5.75. The van der Waals surface area contributed by atoms with Crippen LogP contribution in [0.5, 0.6) is 0 Å².